The average molecular weight is 414 g/mol. The first-order valence-electron chi connectivity index (χ1n) is 9.72. The summed E-state index contributed by atoms with van der Waals surface area (Å²) < 4.78 is 1.52. The second kappa shape index (κ2) is 8.70. The minimum absolute atomic E-state index is 0.0313. The zero-order valence-electron chi connectivity index (χ0n) is 16.5. The van der Waals surface area contributed by atoms with Crippen LogP contribution in [0.2, 0.25) is 5.02 Å². The van der Waals surface area contributed by atoms with Gasteiger partial charge >= 0.3 is 5.97 Å². The van der Waals surface area contributed by atoms with Gasteiger partial charge in [-0.15, -0.1) is 0 Å². The van der Waals surface area contributed by atoms with E-state index in [2.05, 4.69) is 6.92 Å². The van der Waals surface area contributed by atoms with Crippen LogP contribution in [-0.4, -0.2) is 26.7 Å². The van der Waals surface area contributed by atoms with Crippen LogP contribution in [-0.2, 0) is 4.79 Å². The highest BCUT2D eigenvalue weighted by Crippen LogP contribution is 2.37. The largest absolute Gasteiger partial charge is 0.508 e. The van der Waals surface area contributed by atoms with Crippen LogP contribution in [0.15, 0.2) is 42.5 Å². The number of carboxylic acid groups (broad SMARTS) is 1. The molecule has 1 unspecified atom stereocenters. The van der Waals surface area contributed by atoms with Crippen LogP contribution in [0.3, 0.4) is 0 Å². The van der Waals surface area contributed by atoms with Crippen LogP contribution in [0.1, 0.15) is 60.1 Å². The second-order valence-corrected chi connectivity index (χ2v) is 7.67. The molecule has 0 amide bonds. The number of carbonyl (C=O) groups excluding carboxylic acids is 1. The molecule has 6 heteroatoms. The van der Waals surface area contributed by atoms with E-state index >= 15 is 0 Å². The molecule has 1 heterocycles. The lowest BCUT2D eigenvalue weighted by atomic mass is 9.91. The van der Waals surface area contributed by atoms with E-state index in [1.807, 2.05) is 0 Å². The van der Waals surface area contributed by atoms with Gasteiger partial charge in [-0.1, -0.05) is 43.9 Å². The van der Waals surface area contributed by atoms with E-state index < -0.39 is 11.9 Å². The number of aromatic nitrogens is 1. The third kappa shape index (κ3) is 4.15. The molecule has 1 atom stereocenters. The predicted molar refractivity (Wildman–Crippen MR) is 114 cm³/mol. The molecule has 0 saturated heterocycles. The topological polar surface area (TPSA) is 79.5 Å². The summed E-state index contributed by atoms with van der Waals surface area (Å²) >= 11 is 6.05. The van der Waals surface area contributed by atoms with Gasteiger partial charge in [0.25, 0.3) is 5.91 Å². The molecule has 0 spiro atoms. The molecule has 5 nitrogen and oxygen atoms in total. The zero-order valence-corrected chi connectivity index (χ0v) is 17.2. The SMILES string of the molecule is CCCCCC(C(=O)O)c1c(C)n(C(=O)c2cccc(Cl)c2)c2ccc(O)cc12. The van der Waals surface area contributed by atoms with Gasteiger partial charge in [0.1, 0.15) is 5.75 Å². The van der Waals surface area contributed by atoms with Gasteiger partial charge in [-0.2, -0.15) is 0 Å². The molecule has 0 aliphatic carbocycles. The maximum Gasteiger partial charge on any atom is 0.311 e. The molecule has 152 valence electrons. The Morgan fingerprint density at radius 3 is 2.55 bits per heavy atom. The Balaban J connectivity index is 2.21. The Bertz CT molecular complexity index is 1070. The fraction of sp³-hybridized carbons (Fsp3) is 0.304. The maximum absolute atomic E-state index is 13.3. The Kier molecular flexibility index (Phi) is 6.28. The number of phenolic OH excluding ortho intramolecular Hbond substituents is 1. The number of carboxylic acids is 1. The van der Waals surface area contributed by atoms with Crippen molar-refractivity contribution in [2.24, 2.45) is 0 Å². The normalized spacial score (nSPS) is 12.2. The van der Waals surface area contributed by atoms with E-state index in [-0.39, 0.29) is 11.7 Å². The van der Waals surface area contributed by atoms with Crippen molar-refractivity contribution in [1.82, 2.24) is 4.57 Å². The number of halogens is 1. The molecule has 0 bridgehead atoms. The molecule has 0 saturated carbocycles. The smallest absolute Gasteiger partial charge is 0.311 e. The van der Waals surface area contributed by atoms with E-state index in [9.17, 15) is 19.8 Å². The van der Waals surface area contributed by atoms with Crippen LogP contribution in [0.25, 0.3) is 10.9 Å². The number of aliphatic carboxylic acids is 1. The van der Waals surface area contributed by atoms with Gasteiger partial charge in [0, 0.05) is 21.7 Å². The van der Waals surface area contributed by atoms with Crippen molar-refractivity contribution >= 4 is 34.4 Å². The van der Waals surface area contributed by atoms with Crippen LogP contribution >= 0.6 is 11.6 Å². The van der Waals surface area contributed by atoms with Crippen molar-refractivity contribution in [2.45, 2.75) is 45.4 Å². The minimum atomic E-state index is -0.929. The van der Waals surface area contributed by atoms with Crippen LogP contribution in [0, 0.1) is 6.92 Å². The molecule has 0 fully saturated rings. The Hall–Kier alpha value is -2.79. The van der Waals surface area contributed by atoms with E-state index in [1.165, 1.54) is 16.7 Å². The Morgan fingerprint density at radius 1 is 1.14 bits per heavy atom. The molecule has 29 heavy (non-hydrogen) atoms. The second-order valence-electron chi connectivity index (χ2n) is 7.24. The molecular weight excluding hydrogens is 390 g/mol. The number of nitrogens with zero attached hydrogens (tertiary/aromatic N) is 1. The van der Waals surface area contributed by atoms with Gasteiger partial charge in [-0.3, -0.25) is 14.2 Å². The quantitative estimate of drug-likeness (QED) is 0.483. The highest BCUT2D eigenvalue weighted by atomic mass is 35.5. The summed E-state index contributed by atoms with van der Waals surface area (Å²) in [6.07, 6.45) is 3.18. The monoisotopic (exact) mass is 413 g/mol. The lowest BCUT2D eigenvalue weighted by Crippen LogP contribution is -2.16. The van der Waals surface area contributed by atoms with E-state index in [4.69, 9.17) is 11.6 Å². The lowest BCUT2D eigenvalue weighted by Gasteiger charge is -2.14. The number of carbonyl (C=O) groups is 2. The van der Waals surface area contributed by atoms with Gasteiger partial charge in [-0.05, 0) is 55.3 Å². The highest BCUT2D eigenvalue weighted by molar-refractivity contribution is 6.31. The summed E-state index contributed by atoms with van der Waals surface area (Å²) in [6, 6.07) is 11.3. The van der Waals surface area contributed by atoms with Gasteiger partial charge in [0.05, 0.1) is 11.4 Å². The van der Waals surface area contributed by atoms with Crippen molar-refractivity contribution in [1.29, 1.82) is 0 Å². The zero-order chi connectivity index (χ0) is 21.1. The number of phenols is 1. The number of hydrogen-bond donors (Lipinski definition) is 2. The summed E-state index contributed by atoms with van der Waals surface area (Å²) in [4.78, 5) is 25.4. The number of rotatable bonds is 7. The molecule has 0 aliphatic heterocycles. The van der Waals surface area contributed by atoms with Crippen molar-refractivity contribution < 1.29 is 19.8 Å². The highest BCUT2D eigenvalue weighted by Gasteiger charge is 2.29. The summed E-state index contributed by atoms with van der Waals surface area (Å²) in [7, 11) is 0. The Morgan fingerprint density at radius 2 is 1.90 bits per heavy atom. The van der Waals surface area contributed by atoms with Gasteiger partial charge in [0.2, 0.25) is 0 Å². The minimum Gasteiger partial charge on any atom is -0.508 e. The van der Waals surface area contributed by atoms with Gasteiger partial charge in [-0.25, -0.2) is 0 Å². The standard InChI is InChI=1S/C23H24ClNO4/c1-3-4-5-9-18(23(28)29)21-14(2)25(20-11-10-17(26)13-19(20)21)22(27)15-7-6-8-16(24)12-15/h6-8,10-13,18,26H,3-5,9H2,1-2H3,(H,28,29). The summed E-state index contributed by atoms with van der Waals surface area (Å²) in [6.45, 7) is 3.82. The molecule has 3 rings (SSSR count). The predicted octanol–water partition coefficient (Wildman–Crippen LogP) is 5.75. The molecule has 2 N–H and O–H groups in total. The Labute approximate surface area is 174 Å². The summed E-state index contributed by atoms with van der Waals surface area (Å²) in [5.41, 5.74) is 2.13. The summed E-state index contributed by atoms with van der Waals surface area (Å²) in [5.74, 6) is -1.94. The first-order chi connectivity index (χ1) is 13.8. The molecule has 3 aromatic rings. The fourth-order valence-corrected chi connectivity index (χ4v) is 4.06. The molecule has 2 aromatic carbocycles. The average Bonchev–Trinajstić information content (AvgIpc) is 2.95. The molecule has 0 radical (unpaired) electrons. The first kappa shape index (κ1) is 20.9. The van der Waals surface area contributed by atoms with Gasteiger partial charge in [0.15, 0.2) is 0 Å². The molecule has 1 aromatic heterocycles. The van der Waals surface area contributed by atoms with Crippen LogP contribution in [0.4, 0.5) is 0 Å². The first-order valence-corrected chi connectivity index (χ1v) is 10.1. The van der Waals surface area contributed by atoms with E-state index in [0.29, 0.717) is 39.2 Å². The molecular formula is C23H24ClNO4. The third-order valence-corrected chi connectivity index (χ3v) is 5.49. The number of unbranched alkanes of at least 4 members (excludes halogenated alkanes) is 2. The van der Waals surface area contributed by atoms with Gasteiger partial charge < -0.3 is 10.2 Å². The van der Waals surface area contributed by atoms with Crippen LogP contribution in [0.5, 0.6) is 5.75 Å². The maximum atomic E-state index is 13.3. The number of hydrogen-bond acceptors (Lipinski definition) is 3. The molecule has 0 aliphatic rings. The van der Waals surface area contributed by atoms with E-state index in [0.717, 1.165) is 19.3 Å². The fourth-order valence-electron chi connectivity index (χ4n) is 3.87. The number of aromatic hydroxyl groups is 1. The van der Waals surface area contributed by atoms with Crippen molar-refractivity contribution in [3.8, 4) is 5.75 Å². The summed E-state index contributed by atoms with van der Waals surface area (Å²) in [5, 5.41) is 21.0. The van der Waals surface area contributed by atoms with E-state index in [1.54, 1.807) is 37.3 Å². The lowest BCUT2D eigenvalue weighted by molar-refractivity contribution is -0.139. The number of fused-ring (bicyclic) bond motifs is 1. The third-order valence-electron chi connectivity index (χ3n) is 5.25. The van der Waals surface area contributed by atoms with Crippen molar-refractivity contribution in [3.63, 3.8) is 0 Å². The number of benzene rings is 2. The van der Waals surface area contributed by atoms with Crippen LogP contribution < -0.4 is 0 Å². The van der Waals surface area contributed by atoms with Crippen molar-refractivity contribution in [2.75, 3.05) is 0 Å². The van der Waals surface area contributed by atoms with Crippen molar-refractivity contribution in [3.05, 3.63) is 64.3 Å².